The molecule has 0 radical (unpaired) electrons. The predicted molar refractivity (Wildman–Crippen MR) is 129 cm³/mol. The molecule has 172 valence electrons. The zero-order valence-electron chi connectivity index (χ0n) is 19.2. The Hall–Kier alpha value is -3.61. The van der Waals surface area contributed by atoms with Crippen LogP contribution in [0.5, 0.6) is 11.5 Å². The van der Waals surface area contributed by atoms with Gasteiger partial charge in [-0.3, -0.25) is 4.79 Å². The van der Waals surface area contributed by atoms with Crippen LogP contribution in [0, 0.1) is 0 Å². The van der Waals surface area contributed by atoms with E-state index >= 15 is 0 Å². The molecule has 1 heterocycles. The van der Waals surface area contributed by atoms with Gasteiger partial charge in [0.15, 0.2) is 17.2 Å². The Bertz CT molecular complexity index is 1120. The van der Waals surface area contributed by atoms with Crippen LogP contribution in [0.2, 0.25) is 0 Å². The smallest absolute Gasteiger partial charge is 0.292 e. The first-order chi connectivity index (χ1) is 16.2. The van der Waals surface area contributed by atoms with Crippen LogP contribution in [0.25, 0.3) is 5.69 Å². The van der Waals surface area contributed by atoms with Crippen LogP contribution in [-0.4, -0.2) is 35.1 Å². The van der Waals surface area contributed by atoms with E-state index in [1.54, 1.807) is 6.21 Å². The van der Waals surface area contributed by atoms with Crippen molar-refractivity contribution in [2.45, 2.75) is 46.0 Å². The summed E-state index contributed by atoms with van der Waals surface area (Å²) in [4.78, 5) is 12.9. The van der Waals surface area contributed by atoms with Gasteiger partial charge in [-0.15, -0.1) is 0 Å². The number of hydrazone groups is 1. The second-order valence-corrected chi connectivity index (χ2v) is 7.92. The third-order valence-corrected chi connectivity index (χ3v) is 5.55. The second kappa shape index (κ2) is 10.8. The molecule has 0 saturated carbocycles. The van der Waals surface area contributed by atoms with E-state index in [2.05, 4.69) is 22.5 Å². The number of aromatic nitrogens is 2. The summed E-state index contributed by atoms with van der Waals surface area (Å²) >= 11 is 0. The average Bonchev–Trinajstić information content (AvgIpc) is 3.44. The zero-order valence-corrected chi connectivity index (χ0v) is 19.2. The Morgan fingerprint density at radius 1 is 1.12 bits per heavy atom. The topological polar surface area (TPSA) is 77.7 Å². The van der Waals surface area contributed by atoms with Gasteiger partial charge >= 0.3 is 0 Å². The van der Waals surface area contributed by atoms with Crippen LogP contribution in [-0.2, 0) is 12.8 Å². The van der Waals surface area contributed by atoms with E-state index in [-0.39, 0.29) is 5.91 Å². The minimum atomic E-state index is -0.302. The predicted octanol–water partition coefficient (Wildman–Crippen LogP) is 4.70. The van der Waals surface area contributed by atoms with Crippen molar-refractivity contribution in [3.63, 3.8) is 0 Å². The monoisotopic (exact) mass is 446 g/mol. The molecule has 0 atom stereocenters. The Morgan fingerprint density at radius 3 is 2.76 bits per heavy atom. The lowest BCUT2D eigenvalue weighted by molar-refractivity contribution is 0.0949. The molecular formula is C26H30N4O3. The van der Waals surface area contributed by atoms with Crippen molar-refractivity contribution in [1.29, 1.82) is 0 Å². The van der Waals surface area contributed by atoms with Gasteiger partial charge in [-0.25, -0.2) is 10.1 Å². The van der Waals surface area contributed by atoms with Crippen molar-refractivity contribution >= 4 is 12.1 Å². The van der Waals surface area contributed by atoms with E-state index in [1.807, 2.05) is 60.1 Å². The fourth-order valence-corrected chi connectivity index (χ4v) is 3.94. The molecule has 7 nitrogen and oxygen atoms in total. The number of para-hydroxylation sites is 1. The maximum Gasteiger partial charge on any atom is 0.292 e. The highest BCUT2D eigenvalue weighted by Crippen LogP contribution is 2.29. The number of fused-ring (bicyclic) bond motifs is 1. The number of unbranched alkanes of at least 4 members (excludes halogenated alkanes) is 1. The summed E-state index contributed by atoms with van der Waals surface area (Å²) in [6, 6.07) is 15.5. The summed E-state index contributed by atoms with van der Waals surface area (Å²) in [7, 11) is 0. The fraction of sp³-hybridized carbons (Fsp3) is 0.346. The van der Waals surface area contributed by atoms with Crippen molar-refractivity contribution in [1.82, 2.24) is 15.2 Å². The summed E-state index contributed by atoms with van der Waals surface area (Å²) in [6.07, 6.45) is 6.46. The molecule has 1 aliphatic rings. The Morgan fingerprint density at radius 2 is 1.97 bits per heavy atom. The second-order valence-electron chi connectivity index (χ2n) is 7.92. The largest absolute Gasteiger partial charge is 0.490 e. The molecule has 3 aromatic rings. The van der Waals surface area contributed by atoms with Crippen LogP contribution < -0.4 is 14.9 Å². The molecule has 2 aromatic carbocycles. The third-order valence-electron chi connectivity index (χ3n) is 5.55. The van der Waals surface area contributed by atoms with E-state index < -0.39 is 0 Å². The molecule has 4 rings (SSSR count). The van der Waals surface area contributed by atoms with Gasteiger partial charge in [0.1, 0.15) is 0 Å². The standard InChI is InChI=1S/C26H30N4O3/c1-3-5-16-33-23-15-14-19(17-24(23)32-4-2)18-27-28-26(31)25-21-12-9-13-22(21)30(29-25)20-10-7-6-8-11-20/h6-8,10-11,14-15,17-18H,3-5,9,12-13,16H2,1-2H3,(H,28,31)/b27-18+. The van der Waals surface area contributed by atoms with Gasteiger partial charge in [-0.05, 0) is 68.5 Å². The maximum atomic E-state index is 12.9. The molecule has 1 aromatic heterocycles. The molecule has 1 N–H and O–H groups in total. The van der Waals surface area contributed by atoms with Gasteiger partial charge in [-0.2, -0.15) is 10.2 Å². The molecular weight excluding hydrogens is 416 g/mol. The summed E-state index contributed by atoms with van der Waals surface area (Å²) in [5.41, 5.74) is 6.96. The highest BCUT2D eigenvalue weighted by molar-refractivity contribution is 5.95. The molecule has 7 heteroatoms. The van der Waals surface area contributed by atoms with Gasteiger partial charge in [-0.1, -0.05) is 31.5 Å². The van der Waals surface area contributed by atoms with Crippen LogP contribution in [0.15, 0.2) is 53.6 Å². The van der Waals surface area contributed by atoms with Crippen LogP contribution in [0.3, 0.4) is 0 Å². The van der Waals surface area contributed by atoms with Gasteiger partial charge in [0.2, 0.25) is 0 Å². The number of hydrogen-bond donors (Lipinski definition) is 1. The number of nitrogens with zero attached hydrogens (tertiary/aromatic N) is 3. The lowest BCUT2D eigenvalue weighted by atomic mass is 10.2. The van der Waals surface area contributed by atoms with Gasteiger partial charge in [0.25, 0.3) is 5.91 Å². The number of carbonyl (C=O) groups excluding carboxylic acids is 1. The first-order valence-corrected chi connectivity index (χ1v) is 11.6. The number of benzene rings is 2. The van der Waals surface area contributed by atoms with E-state index in [0.29, 0.717) is 30.4 Å². The molecule has 33 heavy (non-hydrogen) atoms. The van der Waals surface area contributed by atoms with Crippen molar-refractivity contribution in [3.05, 3.63) is 71.0 Å². The van der Waals surface area contributed by atoms with Gasteiger partial charge in [0, 0.05) is 11.3 Å². The summed E-state index contributed by atoms with van der Waals surface area (Å²) in [6.45, 7) is 5.25. The lowest BCUT2D eigenvalue weighted by Gasteiger charge is -2.12. The highest BCUT2D eigenvalue weighted by Gasteiger charge is 2.26. The molecule has 0 spiro atoms. The molecule has 0 fully saturated rings. The first-order valence-electron chi connectivity index (χ1n) is 11.6. The van der Waals surface area contributed by atoms with Crippen molar-refractivity contribution < 1.29 is 14.3 Å². The first kappa shape index (κ1) is 22.6. The number of rotatable bonds is 10. The summed E-state index contributed by atoms with van der Waals surface area (Å²) < 4.78 is 13.4. The highest BCUT2D eigenvalue weighted by atomic mass is 16.5. The maximum absolute atomic E-state index is 12.9. The fourth-order valence-electron chi connectivity index (χ4n) is 3.94. The van der Waals surface area contributed by atoms with Crippen LogP contribution >= 0.6 is 0 Å². The average molecular weight is 447 g/mol. The molecule has 0 unspecified atom stereocenters. The summed E-state index contributed by atoms with van der Waals surface area (Å²) in [5.74, 6) is 1.08. The number of carbonyl (C=O) groups is 1. The van der Waals surface area contributed by atoms with Gasteiger partial charge in [0.05, 0.1) is 25.1 Å². The number of hydrogen-bond acceptors (Lipinski definition) is 5. The van der Waals surface area contributed by atoms with Gasteiger partial charge < -0.3 is 9.47 Å². The molecule has 0 saturated heterocycles. The lowest BCUT2D eigenvalue weighted by Crippen LogP contribution is -2.20. The zero-order chi connectivity index (χ0) is 23.0. The van der Waals surface area contributed by atoms with E-state index in [1.165, 1.54) is 0 Å². The number of amides is 1. The van der Waals surface area contributed by atoms with E-state index in [0.717, 1.165) is 54.6 Å². The van der Waals surface area contributed by atoms with Crippen LogP contribution in [0.4, 0.5) is 0 Å². The third kappa shape index (κ3) is 5.25. The van der Waals surface area contributed by atoms with E-state index in [4.69, 9.17) is 9.47 Å². The molecule has 1 aliphatic carbocycles. The molecule has 0 bridgehead atoms. The number of nitrogens with one attached hydrogen (secondary N) is 1. The van der Waals surface area contributed by atoms with Crippen LogP contribution in [0.1, 0.15) is 60.4 Å². The molecule has 0 aliphatic heterocycles. The quantitative estimate of drug-likeness (QED) is 0.278. The Kier molecular flexibility index (Phi) is 7.40. The minimum Gasteiger partial charge on any atom is -0.490 e. The Labute approximate surface area is 194 Å². The van der Waals surface area contributed by atoms with Crippen molar-refractivity contribution in [2.75, 3.05) is 13.2 Å². The van der Waals surface area contributed by atoms with E-state index in [9.17, 15) is 4.79 Å². The SMILES string of the molecule is CCCCOc1ccc(/C=N/NC(=O)c2nn(-c3ccccc3)c3c2CCC3)cc1OCC. The Balaban J connectivity index is 1.47. The van der Waals surface area contributed by atoms with Crippen molar-refractivity contribution in [3.8, 4) is 17.2 Å². The molecule has 1 amide bonds. The number of ether oxygens (including phenoxy) is 2. The minimum absolute atomic E-state index is 0.302. The summed E-state index contributed by atoms with van der Waals surface area (Å²) in [5, 5.41) is 8.77. The normalized spacial score (nSPS) is 12.7. The van der Waals surface area contributed by atoms with Crippen molar-refractivity contribution in [2.24, 2.45) is 5.10 Å².